The van der Waals surface area contributed by atoms with Gasteiger partial charge in [0.05, 0.1) is 11.9 Å². The molecule has 9 heteroatoms. The third-order valence-electron chi connectivity index (χ3n) is 7.82. The van der Waals surface area contributed by atoms with Gasteiger partial charge in [0.1, 0.15) is 17.3 Å². The molecule has 3 aliphatic rings. The molecule has 8 nitrogen and oxygen atoms in total. The zero-order valence-electron chi connectivity index (χ0n) is 20.0. The monoisotopic (exact) mass is 485 g/mol. The van der Waals surface area contributed by atoms with E-state index in [4.69, 9.17) is 10.5 Å². The minimum atomic E-state index is -0.246. The molecule has 3 heterocycles. The number of carbonyl (C=O) groups excluding carboxylic acids is 2. The smallest absolute Gasteiger partial charge is 0.236 e. The van der Waals surface area contributed by atoms with Gasteiger partial charge in [-0.1, -0.05) is 0 Å². The van der Waals surface area contributed by atoms with Crippen LogP contribution in [0.5, 0.6) is 5.88 Å². The van der Waals surface area contributed by atoms with Crippen molar-refractivity contribution in [3.05, 3.63) is 16.8 Å². The van der Waals surface area contributed by atoms with Gasteiger partial charge >= 0.3 is 0 Å². The Bertz CT molecular complexity index is 1040. The van der Waals surface area contributed by atoms with Gasteiger partial charge < -0.3 is 15.4 Å². The first kappa shape index (κ1) is 23.5. The van der Waals surface area contributed by atoms with Crippen LogP contribution in [-0.4, -0.2) is 70.4 Å². The van der Waals surface area contributed by atoms with Gasteiger partial charge in [-0.3, -0.25) is 14.5 Å². The van der Waals surface area contributed by atoms with E-state index in [-0.39, 0.29) is 17.9 Å². The number of primary amides is 1. The molecule has 0 bridgehead atoms. The molecule has 34 heavy (non-hydrogen) atoms. The number of carbonyl (C=O) groups is 2. The first-order valence-corrected chi connectivity index (χ1v) is 13.5. The number of hydrogen-bond acceptors (Lipinski definition) is 7. The lowest BCUT2D eigenvalue weighted by Crippen LogP contribution is -2.44. The predicted octanol–water partition coefficient (Wildman–Crippen LogP) is 3.23. The minimum absolute atomic E-state index is 0.123. The molecular formula is C25H35N5O3S. The molecule has 184 valence electrons. The number of likely N-dealkylation sites (N-methyl/N-ethyl adjacent to an activating group) is 1. The summed E-state index contributed by atoms with van der Waals surface area (Å²) in [5.74, 6) is 1.03. The largest absolute Gasteiger partial charge is 0.474 e. The van der Waals surface area contributed by atoms with Crippen molar-refractivity contribution in [3.8, 4) is 5.88 Å². The Balaban J connectivity index is 1.22. The van der Waals surface area contributed by atoms with Gasteiger partial charge in [0.15, 0.2) is 0 Å². The third kappa shape index (κ3) is 4.91. The van der Waals surface area contributed by atoms with E-state index < -0.39 is 0 Å². The second-order valence-corrected chi connectivity index (χ2v) is 11.2. The van der Waals surface area contributed by atoms with Crippen molar-refractivity contribution < 1.29 is 14.3 Å². The second-order valence-electron chi connectivity index (χ2n) is 10.1. The number of fused-ring (bicyclic) bond motifs is 3. The van der Waals surface area contributed by atoms with Crippen molar-refractivity contribution in [2.45, 2.75) is 82.3 Å². The average molecular weight is 486 g/mol. The fraction of sp³-hybridized carbons (Fsp3) is 0.680. The molecule has 1 aliphatic heterocycles. The second kappa shape index (κ2) is 10.2. The van der Waals surface area contributed by atoms with Gasteiger partial charge in [-0.05, 0) is 76.3 Å². The molecule has 0 aromatic carbocycles. The molecule has 0 radical (unpaired) electrons. The Labute approximate surface area is 204 Å². The summed E-state index contributed by atoms with van der Waals surface area (Å²) >= 11 is 1.73. The third-order valence-corrected chi connectivity index (χ3v) is 9.00. The number of likely N-dealkylation sites (tertiary alicyclic amines) is 1. The van der Waals surface area contributed by atoms with Crippen molar-refractivity contribution in [2.75, 3.05) is 26.7 Å². The van der Waals surface area contributed by atoms with E-state index in [1.165, 1.54) is 10.4 Å². The van der Waals surface area contributed by atoms with E-state index in [2.05, 4.69) is 21.9 Å². The van der Waals surface area contributed by atoms with Crippen LogP contribution >= 0.6 is 11.3 Å². The molecule has 2 N–H and O–H groups in total. The van der Waals surface area contributed by atoms with Gasteiger partial charge in [0.25, 0.3) is 0 Å². The SMILES string of the molecule is CN(CC(=O)N1CCCC1)C1CCC(Oc2ncnc3sc4c(c23)[C@@H](CCC(N)=O)CC4)CC1. The minimum Gasteiger partial charge on any atom is -0.474 e. The highest BCUT2D eigenvalue weighted by molar-refractivity contribution is 7.19. The maximum atomic E-state index is 12.5. The highest BCUT2D eigenvalue weighted by Crippen LogP contribution is 2.47. The number of aromatic nitrogens is 2. The zero-order chi connectivity index (χ0) is 23.7. The van der Waals surface area contributed by atoms with Crippen LogP contribution in [0.3, 0.4) is 0 Å². The number of ether oxygens (including phenoxy) is 1. The summed E-state index contributed by atoms with van der Waals surface area (Å²) in [4.78, 5) is 39.5. The van der Waals surface area contributed by atoms with Crippen LogP contribution in [0, 0.1) is 0 Å². The standard InChI is InChI=1S/C25H35N5O3S/c1-29(14-21(32)30-12-2-3-13-30)17-6-8-18(9-7-17)33-24-23-22-16(5-11-20(26)31)4-10-19(22)34-25(23)28-15-27-24/h15-18H,2-14H2,1H3,(H2,26,31)/t16-,17?,18?/m1/s1. The first-order chi connectivity index (χ1) is 16.5. The van der Waals surface area contributed by atoms with Crippen molar-refractivity contribution in [2.24, 2.45) is 5.73 Å². The predicted molar refractivity (Wildman–Crippen MR) is 132 cm³/mol. The van der Waals surface area contributed by atoms with Gasteiger partial charge in [-0.2, -0.15) is 0 Å². The molecule has 0 spiro atoms. The van der Waals surface area contributed by atoms with Crippen molar-refractivity contribution in [1.82, 2.24) is 19.8 Å². The normalized spacial score (nSPS) is 24.6. The molecule has 2 aromatic heterocycles. The quantitative estimate of drug-likeness (QED) is 0.616. The van der Waals surface area contributed by atoms with E-state index in [9.17, 15) is 9.59 Å². The molecule has 1 atom stereocenters. The van der Waals surface area contributed by atoms with Crippen molar-refractivity contribution in [3.63, 3.8) is 0 Å². The highest BCUT2D eigenvalue weighted by Gasteiger charge is 2.32. The summed E-state index contributed by atoms with van der Waals surface area (Å²) in [6.45, 7) is 2.34. The Morgan fingerprint density at radius 3 is 2.68 bits per heavy atom. The van der Waals surface area contributed by atoms with Crippen LogP contribution in [-0.2, 0) is 16.0 Å². The number of hydrogen-bond donors (Lipinski definition) is 1. The van der Waals surface area contributed by atoms with E-state index in [1.807, 2.05) is 4.90 Å². The Morgan fingerprint density at radius 2 is 1.94 bits per heavy atom. The highest BCUT2D eigenvalue weighted by atomic mass is 32.1. The van der Waals surface area contributed by atoms with E-state index in [1.54, 1.807) is 17.7 Å². The number of nitrogens with two attached hydrogens (primary N) is 1. The fourth-order valence-electron chi connectivity index (χ4n) is 5.91. The molecule has 1 saturated heterocycles. The Hall–Kier alpha value is -2.26. The maximum Gasteiger partial charge on any atom is 0.236 e. The van der Waals surface area contributed by atoms with E-state index >= 15 is 0 Å². The Kier molecular flexibility index (Phi) is 7.01. The maximum absolute atomic E-state index is 12.5. The zero-order valence-corrected chi connectivity index (χ0v) is 20.8. The van der Waals surface area contributed by atoms with Crippen molar-refractivity contribution in [1.29, 1.82) is 0 Å². The van der Waals surface area contributed by atoms with Crippen LogP contribution in [0.2, 0.25) is 0 Å². The molecule has 0 unspecified atom stereocenters. The number of thiophene rings is 1. The van der Waals surface area contributed by atoms with Gasteiger partial charge in [-0.25, -0.2) is 9.97 Å². The van der Waals surface area contributed by atoms with Crippen LogP contribution in [0.4, 0.5) is 0 Å². The fourth-order valence-corrected chi connectivity index (χ4v) is 7.14. The van der Waals surface area contributed by atoms with Crippen LogP contribution in [0.25, 0.3) is 10.2 Å². The van der Waals surface area contributed by atoms with Gasteiger partial charge in [0, 0.05) is 30.4 Å². The van der Waals surface area contributed by atoms with Gasteiger partial charge in [0.2, 0.25) is 17.7 Å². The summed E-state index contributed by atoms with van der Waals surface area (Å²) in [6, 6.07) is 0.417. The molecule has 2 amide bonds. The van der Waals surface area contributed by atoms with Crippen LogP contribution in [0.15, 0.2) is 6.33 Å². The molecule has 1 saturated carbocycles. The number of amides is 2. The number of nitrogens with zero attached hydrogens (tertiary/aromatic N) is 4. The topological polar surface area (TPSA) is 102 Å². The summed E-state index contributed by atoms with van der Waals surface area (Å²) in [6.07, 6.45) is 11.2. The Morgan fingerprint density at radius 1 is 1.18 bits per heavy atom. The molecule has 5 rings (SSSR count). The lowest BCUT2D eigenvalue weighted by atomic mass is 9.92. The summed E-state index contributed by atoms with van der Waals surface area (Å²) in [7, 11) is 2.08. The molecule has 2 aliphatic carbocycles. The average Bonchev–Trinajstić information content (AvgIpc) is 3.56. The van der Waals surface area contributed by atoms with Crippen molar-refractivity contribution >= 4 is 33.4 Å². The van der Waals surface area contributed by atoms with Crippen LogP contribution < -0.4 is 10.5 Å². The molecule has 2 aromatic rings. The summed E-state index contributed by atoms with van der Waals surface area (Å²) in [5.41, 5.74) is 6.70. The lowest BCUT2D eigenvalue weighted by molar-refractivity contribution is -0.131. The van der Waals surface area contributed by atoms with E-state index in [0.717, 1.165) is 81.1 Å². The summed E-state index contributed by atoms with van der Waals surface area (Å²) < 4.78 is 6.49. The summed E-state index contributed by atoms with van der Waals surface area (Å²) in [5, 5.41) is 1.05. The number of rotatable bonds is 8. The van der Waals surface area contributed by atoms with Gasteiger partial charge in [-0.15, -0.1) is 11.3 Å². The lowest BCUT2D eigenvalue weighted by Gasteiger charge is -2.35. The molecule has 2 fully saturated rings. The molecular weight excluding hydrogens is 450 g/mol. The first-order valence-electron chi connectivity index (χ1n) is 12.7. The van der Waals surface area contributed by atoms with E-state index in [0.29, 0.717) is 30.8 Å². The number of aryl methyl sites for hydroxylation is 1. The van der Waals surface area contributed by atoms with Crippen LogP contribution in [0.1, 0.15) is 74.1 Å².